The summed E-state index contributed by atoms with van der Waals surface area (Å²) in [5.74, 6) is -4.61. The van der Waals surface area contributed by atoms with Crippen molar-refractivity contribution in [1.82, 2.24) is 10.2 Å². The quantitative estimate of drug-likeness (QED) is 0.835. The van der Waals surface area contributed by atoms with Gasteiger partial charge in [-0.1, -0.05) is 36.8 Å². The number of urea groups is 1. The van der Waals surface area contributed by atoms with E-state index in [0.29, 0.717) is 12.5 Å². The fourth-order valence-corrected chi connectivity index (χ4v) is 4.30. The molecular formula is C19H23F3N2O3. The second kappa shape index (κ2) is 7.78. The van der Waals surface area contributed by atoms with Crippen molar-refractivity contribution in [2.45, 2.75) is 31.4 Å². The monoisotopic (exact) mass is 384 g/mol. The van der Waals surface area contributed by atoms with Crippen molar-refractivity contribution in [3.05, 3.63) is 35.9 Å². The van der Waals surface area contributed by atoms with Gasteiger partial charge in [-0.3, -0.25) is 4.79 Å². The lowest BCUT2D eigenvalue weighted by molar-refractivity contribution is -0.187. The number of benzene rings is 1. The molecule has 2 unspecified atom stereocenters. The number of hydrogen-bond acceptors (Lipinski definition) is 2. The number of halogens is 3. The lowest BCUT2D eigenvalue weighted by Crippen LogP contribution is -2.41. The summed E-state index contributed by atoms with van der Waals surface area (Å²) in [4.78, 5) is 24.5. The maximum absolute atomic E-state index is 13.1. The van der Waals surface area contributed by atoms with E-state index in [9.17, 15) is 22.8 Å². The first-order valence-corrected chi connectivity index (χ1v) is 9.14. The van der Waals surface area contributed by atoms with Gasteiger partial charge in [0.05, 0.1) is 11.8 Å². The Labute approximate surface area is 155 Å². The average Bonchev–Trinajstić information content (AvgIpc) is 3.27. The van der Waals surface area contributed by atoms with Gasteiger partial charge < -0.3 is 15.3 Å². The molecule has 1 heterocycles. The van der Waals surface area contributed by atoms with Crippen LogP contribution in [0.1, 0.15) is 30.7 Å². The number of aliphatic carboxylic acids is 1. The van der Waals surface area contributed by atoms with E-state index in [4.69, 9.17) is 5.11 Å². The zero-order valence-corrected chi connectivity index (χ0v) is 14.8. The van der Waals surface area contributed by atoms with Gasteiger partial charge in [0, 0.05) is 19.6 Å². The number of amides is 2. The predicted molar refractivity (Wildman–Crippen MR) is 92.2 cm³/mol. The smallest absolute Gasteiger partial charge is 0.394 e. The van der Waals surface area contributed by atoms with Crippen molar-refractivity contribution in [3.63, 3.8) is 0 Å². The highest BCUT2D eigenvalue weighted by Gasteiger charge is 2.53. The molecule has 1 saturated carbocycles. The Morgan fingerprint density at radius 1 is 1.15 bits per heavy atom. The van der Waals surface area contributed by atoms with Gasteiger partial charge in [0.1, 0.15) is 0 Å². The zero-order valence-electron chi connectivity index (χ0n) is 14.8. The molecule has 4 atom stereocenters. The molecule has 2 N–H and O–H groups in total. The molecule has 3 rings (SSSR count). The van der Waals surface area contributed by atoms with Crippen molar-refractivity contribution < 1.29 is 27.9 Å². The number of carboxylic acid groups (broad SMARTS) is 1. The molecule has 1 aliphatic carbocycles. The van der Waals surface area contributed by atoms with E-state index in [0.717, 1.165) is 24.2 Å². The van der Waals surface area contributed by atoms with Crippen LogP contribution in [0, 0.1) is 17.8 Å². The van der Waals surface area contributed by atoms with Gasteiger partial charge >= 0.3 is 18.2 Å². The number of carbonyl (C=O) groups excluding carboxylic acids is 1. The van der Waals surface area contributed by atoms with Crippen LogP contribution < -0.4 is 5.32 Å². The van der Waals surface area contributed by atoms with Gasteiger partial charge in [-0.05, 0) is 30.2 Å². The molecule has 2 aliphatic rings. The second-order valence-electron chi connectivity index (χ2n) is 7.39. The first-order chi connectivity index (χ1) is 12.8. The largest absolute Gasteiger partial charge is 0.481 e. The highest BCUT2D eigenvalue weighted by Crippen LogP contribution is 2.40. The summed E-state index contributed by atoms with van der Waals surface area (Å²) < 4.78 is 39.2. The molecule has 148 valence electrons. The van der Waals surface area contributed by atoms with Crippen molar-refractivity contribution in [3.8, 4) is 0 Å². The maximum atomic E-state index is 13.1. The zero-order chi connectivity index (χ0) is 19.6. The van der Waals surface area contributed by atoms with Gasteiger partial charge in [0.15, 0.2) is 0 Å². The highest BCUT2D eigenvalue weighted by molar-refractivity contribution is 5.77. The Kier molecular flexibility index (Phi) is 5.62. The number of alkyl halides is 3. The molecule has 2 fully saturated rings. The summed E-state index contributed by atoms with van der Waals surface area (Å²) in [5.41, 5.74) is 1.21. The third-order valence-electron chi connectivity index (χ3n) is 5.75. The Morgan fingerprint density at radius 3 is 2.44 bits per heavy atom. The van der Waals surface area contributed by atoms with E-state index in [1.807, 2.05) is 18.2 Å². The third-order valence-corrected chi connectivity index (χ3v) is 5.75. The molecule has 0 spiro atoms. The van der Waals surface area contributed by atoms with E-state index in [1.54, 1.807) is 0 Å². The fraction of sp³-hybridized carbons (Fsp3) is 0.579. The lowest BCUT2D eigenvalue weighted by Gasteiger charge is -2.23. The minimum atomic E-state index is -4.64. The molecule has 8 heteroatoms. The Morgan fingerprint density at radius 2 is 1.85 bits per heavy atom. The van der Waals surface area contributed by atoms with E-state index < -0.39 is 43.1 Å². The van der Waals surface area contributed by atoms with E-state index in [2.05, 4.69) is 17.4 Å². The van der Waals surface area contributed by atoms with E-state index in [1.165, 1.54) is 5.56 Å². The van der Waals surface area contributed by atoms with Crippen LogP contribution in [0.2, 0.25) is 0 Å². The summed E-state index contributed by atoms with van der Waals surface area (Å²) in [6.07, 6.45) is -1.63. The number of hydrogen-bond donors (Lipinski definition) is 2. The molecule has 1 aromatic carbocycles. The van der Waals surface area contributed by atoms with Crippen LogP contribution in [0.5, 0.6) is 0 Å². The fourth-order valence-electron chi connectivity index (χ4n) is 4.30. The number of rotatable bonds is 4. The van der Waals surface area contributed by atoms with Gasteiger partial charge in [0.2, 0.25) is 0 Å². The molecule has 27 heavy (non-hydrogen) atoms. The number of nitrogens with zero attached hydrogens (tertiary/aromatic N) is 1. The summed E-state index contributed by atoms with van der Waals surface area (Å²) >= 11 is 0. The summed E-state index contributed by atoms with van der Waals surface area (Å²) in [5, 5.41) is 11.8. The van der Waals surface area contributed by atoms with Crippen molar-refractivity contribution in [2.75, 3.05) is 19.6 Å². The van der Waals surface area contributed by atoms with Crippen LogP contribution >= 0.6 is 0 Å². The minimum Gasteiger partial charge on any atom is -0.481 e. The van der Waals surface area contributed by atoms with Crippen LogP contribution in [-0.4, -0.2) is 47.8 Å². The van der Waals surface area contributed by atoms with Crippen LogP contribution in [0.25, 0.3) is 0 Å². The summed E-state index contributed by atoms with van der Waals surface area (Å²) in [7, 11) is 0. The molecular weight excluding hydrogens is 361 g/mol. The number of carboxylic acids is 1. The molecule has 0 radical (unpaired) electrons. The van der Waals surface area contributed by atoms with Crippen LogP contribution in [0.3, 0.4) is 0 Å². The van der Waals surface area contributed by atoms with Gasteiger partial charge in [-0.25, -0.2) is 4.79 Å². The third kappa shape index (κ3) is 4.36. The Balaban J connectivity index is 1.58. The topological polar surface area (TPSA) is 69.6 Å². The van der Waals surface area contributed by atoms with Crippen molar-refractivity contribution in [2.24, 2.45) is 17.8 Å². The highest BCUT2D eigenvalue weighted by atomic mass is 19.4. The van der Waals surface area contributed by atoms with Crippen LogP contribution in [-0.2, 0) is 4.79 Å². The van der Waals surface area contributed by atoms with Crippen LogP contribution in [0.15, 0.2) is 30.3 Å². The molecule has 5 nitrogen and oxygen atoms in total. The number of nitrogens with one attached hydrogen (secondary N) is 1. The summed E-state index contributed by atoms with van der Waals surface area (Å²) in [6, 6.07) is 9.37. The average molecular weight is 384 g/mol. The first kappa shape index (κ1) is 19.5. The summed E-state index contributed by atoms with van der Waals surface area (Å²) in [6.45, 7) is -0.652. The molecule has 2 amide bonds. The van der Waals surface area contributed by atoms with Crippen LogP contribution in [0.4, 0.5) is 18.0 Å². The minimum absolute atomic E-state index is 0.229. The normalized spacial score (nSPS) is 28.3. The molecule has 1 aromatic rings. The van der Waals surface area contributed by atoms with Gasteiger partial charge in [-0.15, -0.1) is 0 Å². The van der Waals surface area contributed by atoms with E-state index >= 15 is 0 Å². The van der Waals surface area contributed by atoms with Crippen molar-refractivity contribution >= 4 is 12.0 Å². The number of likely N-dealkylation sites (tertiary alicyclic amines) is 1. The first-order valence-electron chi connectivity index (χ1n) is 9.14. The van der Waals surface area contributed by atoms with E-state index in [-0.39, 0.29) is 5.92 Å². The van der Waals surface area contributed by atoms with Crippen molar-refractivity contribution in [1.29, 1.82) is 0 Å². The Bertz CT molecular complexity index is 681. The molecule has 0 aromatic heterocycles. The Hall–Kier alpha value is -2.25. The standard InChI is InChI=1S/C19H23F3N2O3/c20-19(21,22)16-11-24(10-15(16)17(25)26)18(27)23-9-13-7-4-8-14(13)12-5-2-1-3-6-12/h1-3,5-6,13-16H,4,7-11H2,(H,23,27)(H,25,26)/t13?,14?,15-,16-/m1/s1. The molecule has 1 saturated heterocycles. The lowest BCUT2D eigenvalue weighted by atomic mass is 9.89. The maximum Gasteiger partial charge on any atom is 0.394 e. The SMILES string of the molecule is O=C(O)[C@@H]1CN(C(=O)NCC2CCCC2c2ccccc2)C[C@H]1C(F)(F)F. The number of carbonyl (C=O) groups is 2. The van der Waals surface area contributed by atoms with Gasteiger partial charge in [0.25, 0.3) is 0 Å². The van der Waals surface area contributed by atoms with Gasteiger partial charge in [-0.2, -0.15) is 13.2 Å². The molecule has 0 bridgehead atoms. The second-order valence-corrected chi connectivity index (χ2v) is 7.39. The molecule has 1 aliphatic heterocycles. The predicted octanol–water partition coefficient (Wildman–Crippen LogP) is 3.47.